The molecular weight excluding hydrogens is 278 g/mol. The van der Waals surface area contributed by atoms with Crippen molar-refractivity contribution in [1.82, 2.24) is 5.32 Å². The Kier molecular flexibility index (Phi) is 5.83. The summed E-state index contributed by atoms with van der Waals surface area (Å²) in [7, 11) is 0. The average molecular weight is 305 g/mol. The first-order valence-electron chi connectivity index (χ1n) is 8.12. The number of hydrogen-bond donors (Lipinski definition) is 2. The van der Waals surface area contributed by atoms with Gasteiger partial charge < -0.3 is 15.2 Å². The van der Waals surface area contributed by atoms with E-state index in [1.54, 1.807) is 0 Å². The van der Waals surface area contributed by atoms with Gasteiger partial charge in [0.05, 0.1) is 6.61 Å². The van der Waals surface area contributed by atoms with Crippen LogP contribution in [0.15, 0.2) is 18.2 Å². The van der Waals surface area contributed by atoms with Crippen molar-refractivity contribution in [2.24, 2.45) is 5.41 Å². The molecule has 0 saturated heterocycles. The highest BCUT2D eigenvalue weighted by Crippen LogP contribution is 2.35. The molecule has 1 aliphatic rings. The first-order valence-corrected chi connectivity index (χ1v) is 8.12. The molecule has 0 unspecified atom stereocenters. The monoisotopic (exact) mass is 305 g/mol. The zero-order valence-corrected chi connectivity index (χ0v) is 13.7. The minimum absolute atomic E-state index is 0.0179. The van der Waals surface area contributed by atoms with E-state index in [0.717, 1.165) is 31.2 Å². The fraction of sp³-hybridized carbons (Fsp3) is 0.611. The molecule has 0 aliphatic heterocycles. The lowest BCUT2D eigenvalue weighted by Crippen LogP contribution is -2.42. The molecule has 1 aliphatic carbocycles. The third kappa shape index (κ3) is 4.47. The first-order chi connectivity index (χ1) is 10.5. The van der Waals surface area contributed by atoms with Crippen LogP contribution in [-0.4, -0.2) is 30.8 Å². The van der Waals surface area contributed by atoms with Crippen LogP contribution in [0.4, 0.5) is 0 Å². The van der Waals surface area contributed by atoms with Crippen LogP contribution >= 0.6 is 0 Å². The van der Waals surface area contributed by atoms with Gasteiger partial charge in [-0.1, -0.05) is 25.3 Å². The van der Waals surface area contributed by atoms with Crippen molar-refractivity contribution in [3.05, 3.63) is 29.3 Å². The van der Waals surface area contributed by atoms with E-state index in [4.69, 9.17) is 4.74 Å². The lowest BCUT2D eigenvalue weighted by atomic mass is 9.74. The highest BCUT2D eigenvalue weighted by Gasteiger charge is 2.31. The maximum absolute atomic E-state index is 12.0. The molecule has 1 aromatic rings. The van der Waals surface area contributed by atoms with Crippen LogP contribution in [0.3, 0.4) is 0 Å². The molecule has 1 saturated carbocycles. The molecule has 2 N–H and O–H groups in total. The Balaban J connectivity index is 1.78. The second-order valence-corrected chi connectivity index (χ2v) is 6.53. The van der Waals surface area contributed by atoms with Crippen molar-refractivity contribution >= 4 is 5.91 Å². The maximum atomic E-state index is 12.0. The van der Waals surface area contributed by atoms with E-state index >= 15 is 0 Å². The Morgan fingerprint density at radius 2 is 1.95 bits per heavy atom. The van der Waals surface area contributed by atoms with Crippen LogP contribution in [0.2, 0.25) is 0 Å². The van der Waals surface area contributed by atoms with Gasteiger partial charge in [-0.2, -0.15) is 0 Å². The van der Waals surface area contributed by atoms with Gasteiger partial charge in [0.25, 0.3) is 5.91 Å². The number of rotatable bonds is 6. The third-order valence-electron chi connectivity index (χ3n) is 4.76. The lowest BCUT2D eigenvalue weighted by molar-refractivity contribution is -0.123. The zero-order valence-electron chi connectivity index (χ0n) is 13.7. The Labute approximate surface area is 132 Å². The van der Waals surface area contributed by atoms with Gasteiger partial charge in [-0.3, -0.25) is 4.79 Å². The van der Waals surface area contributed by atoms with Crippen molar-refractivity contribution < 1.29 is 14.6 Å². The summed E-state index contributed by atoms with van der Waals surface area (Å²) in [6.45, 7) is 4.77. The lowest BCUT2D eigenvalue weighted by Gasteiger charge is -2.35. The molecule has 4 nitrogen and oxygen atoms in total. The second-order valence-electron chi connectivity index (χ2n) is 6.53. The molecule has 0 heterocycles. The van der Waals surface area contributed by atoms with Gasteiger partial charge in [-0.25, -0.2) is 0 Å². The molecule has 1 aromatic carbocycles. The Bertz CT molecular complexity index is 507. The number of benzene rings is 1. The first kappa shape index (κ1) is 16.8. The molecule has 1 fully saturated rings. The summed E-state index contributed by atoms with van der Waals surface area (Å²) < 4.78 is 5.54. The molecule has 0 spiro atoms. The number of hydrogen-bond acceptors (Lipinski definition) is 3. The number of carbonyl (C=O) groups excluding carboxylic acids is 1. The van der Waals surface area contributed by atoms with E-state index in [0.29, 0.717) is 12.3 Å². The van der Waals surface area contributed by atoms with Crippen molar-refractivity contribution in [1.29, 1.82) is 0 Å². The van der Waals surface area contributed by atoms with Gasteiger partial charge in [-0.15, -0.1) is 0 Å². The summed E-state index contributed by atoms with van der Waals surface area (Å²) in [6, 6.07) is 5.82. The summed E-state index contributed by atoms with van der Waals surface area (Å²) in [5.41, 5.74) is 2.23. The number of aliphatic hydroxyl groups excluding tert-OH is 1. The number of ether oxygens (including phenoxy) is 1. The normalized spacial score (nSPS) is 17.0. The van der Waals surface area contributed by atoms with E-state index in [1.807, 2.05) is 32.0 Å². The molecule has 2 rings (SSSR count). The van der Waals surface area contributed by atoms with E-state index in [1.165, 1.54) is 12.0 Å². The van der Waals surface area contributed by atoms with Crippen LogP contribution in [-0.2, 0) is 4.79 Å². The summed E-state index contributed by atoms with van der Waals surface area (Å²) in [5, 5.41) is 12.6. The molecule has 22 heavy (non-hydrogen) atoms. The number of nitrogens with one attached hydrogen (secondary N) is 1. The van der Waals surface area contributed by atoms with Gasteiger partial charge >= 0.3 is 0 Å². The third-order valence-corrected chi connectivity index (χ3v) is 4.76. The Morgan fingerprint density at radius 1 is 1.23 bits per heavy atom. The van der Waals surface area contributed by atoms with Crippen LogP contribution < -0.4 is 10.1 Å². The van der Waals surface area contributed by atoms with Gasteiger partial charge in [0.1, 0.15) is 5.75 Å². The number of aryl methyl sites for hydroxylation is 2. The van der Waals surface area contributed by atoms with Crippen LogP contribution in [0.25, 0.3) is 0 Å². The minimum atomic E-state index is -0.131. The highest BCUT2D eigenvalue weighted by molar-refractivity contribution is 5.77. The van der Waals surface area contributed by atoms with E-state index in [-0.39, 0.29) is 24.5 Å². The van der Waals surface area contributed by atoms with E-state index in [9.17, 15) is 9.90 Å². The smallest absolute Gasteiger partial charge is 0.257 e. The van der Waals surface area contributed by atoms with Crippen LogP contribution in [0.5, 0.6) is 5.75 Å². The molecule has 0 aromatic heterocycles. The SMILES string of the molecule is Cc1ccc(OCC(=O)NCC2(CO)CCCCC2)cc1C. The number of amides is 1. The second kappa shape index (κ2) is 7.63. The molecule has 0 radical (unpaired) electrons. The van der Waals surface area contributed by atoms with Crippen molar-refractivity contribution in [2.75, 3.05) is 19.8 Å². The zero-order chi connectivity index (χ0) is 16.0. The van der Waals surface area contributed by atoms with Crippen molar-refractivity contribution in [3.63, 3.8) is 0 Å². The topological polar surface area (TPSA) is 58.6 Å². The van der Waals surface area contributed by atoms with Gasteiger partial charge in [0.15, 0.2) is 6.61 Å². The van der Waals surface area contributed by atoms with Crippen molar-refractivity contribution in [3.8, 4) is 5.75 Å². The molecule has 1 amide bonds. The fourth-order valence-corrected chi connectivity index (χ4v) is 2.98. The summed E-state index contributed by atoms with van der Waals surface area (Å²) in [5.74, 6) is 0.587. The Morgan fingerprint density at radius 3 is 2.59 bits per heavy atom. The minimum Gasteiger partial charge on any atom is -0.484 e. The summed E-state index contributed by atoms with van der Waals surface area (Å²) in [4.78, 5) is 12.0. The maximum Gasteiger partial charge on any atom is 0.257 e. The van der Waals surface area contributed by atoms with Crippen LogP contribution in [0.1, 0.15) is 43.2 Å². The van der Waals surface area contributed by atoms with Gasteiger partial charge in [0.2, 0.25) is 0 Å². The van der Waals surface area contributed by atoms with Gasteiger partial charge in [-0.05, 0) is 49.9 Å². The molecular formula is C18H27NO3. The van der Waals surface area contributed by atoms with E-state index < -0.39 is 0 Å². The molecule has 0 atom stereocenters. The predicted molar refractivity (Wildman–Crippen MR) is 87.0 cm³/mol. The summed E-state index contributed by atoms with van der Waals surface area (Å²) >= 11 is 0. The van der Waals surface area contributed by atoms with Crippen molar-refractivity contribution in [2.45, 2.75) is 46.0 Å². The molecule has 122 valence electrons. The average Bonchev–Trinajstić information content (AvgIpc) is 2.55. The quantitative estimate of drug-likeness (QED) is 0.849. The molecule has 0 bridgehead atoms. The Hall–Kier alpha value is -1.55. The molecule has 4 heteroatoms. The van der Waals surface area contributed by atoms with E-state index in [2.05, 4.69) is 5.32 Å². The van der Waals surface area contributed by atoms with Crippen LogP contribution in [0, 0.1) is 19.3 Å². The fourth-order valence-electron chi connectivity index (χ4n) is 2.98. The predicted octanol–water partition coefficient (Wildman–Crippen LogP) is 2.74. The number of aliphatic hydroxyl groups is 1. The largest absolute Gasteiger partial charge is 0.484 e. The number of carbonyl (C=O) groups is 1. The highest BCUT2D eigenvalue weighted by atomic mass is 16.5. The standard InChI is InChI=1S/C18H27NO3/c1-14-6-7-16(10-15(14)2)22-11-17(21)19-12-18(13-20)8-4-3-5-9-18/h6-7,10,20H,3-5,8-9,11-13H2,1-2H3,(H,19,21). The van der Waals surface area contributed by atoms with Gasteiger partial charge in [0, 0.05) is 12.0 Å². The summed E-state index contributed by atoms with van der Waals surface area (Å²) in [6.07, 6.45) is 5.47.